The van der Waals surface area contributed by atoms with Crippen LogP contribution in [-0.2, 0) is 5.41 Å². The molecule has 0 atom stereocenters. The van der Waals surface area contributed by atoms with Crippen LogP contribution in [0.4, 0.5) is 17.1 Å². The van der Waals surface area contributed by atoms with Crippen molar-refractivity contribution in [2.24, 2.45) is 0 Å². The number of para-hydroxylation sites is 2. The van der Waals surface area contributed by atoms with Crippen LogP contribution in [0.15, 0.2) is 202 Å². The fourth-order valence-electron chi connectivity index (χ4n) is 8.82. The van der Waals surface area contributed by atoms with Crippen molar-refractivity contribution >= 4 is 50.8 Å². The third kappa shape index (κ3) is 4.08. The Hall–Kier alpha value is -6.29. The van der Waals surface area contributed by atoms with E-state index >= 15 is 0 Å². The number of fused-ring (bicyclic) bond motifs is 12. The molecule has 0 N–H and O–H groups in total. The van der Waals surface area contributed by atoms with Crippen molar-refractivity contribution in [3.63, 3.8) is 0 Å². The topological polar surface area (TPSA) is 16.4 Å². The van der Waals surface area contributed by atoms with Crippen LogP contribution in [0.3, 0.4) is 0 Å². The zero-order valence-electron chi connectivity index (χ0n) is 28.2. The molecule has 0 bridgehead atoms. The molecule has 8 aromatic carbocycles. The fourth-order valence-corrected chi connectivity index (χ4v) is 10.1. The first-order valence-corrected chi connectivity index (χ1v) is 18.6. The van der Waals surface area contributed by atoms with E-state index in [2.05, 4.69) is 187 Å². The standard InChI is InChI=1S/C49H31NOS/c1-3-16-32(17-4-1)38-30-34(31-39-37-22-9-13-28-45(37)51-47(38)39)50(33-18-5-2-6-19-33)44-27-15-26-43-48(44)52-46-29-14-12-25-42(46)49(43)40-23-10-7-20-35(40)36-21-8-11-24-41(36)49/h1-31H. The van der Waals surface area contributed by atoms with E-state index < -0.39 is 5.41 Å². The van der Waals surface area contributed by atoms with E-state index in [1.54, 1.807) is 0 Å². The van der Waals surface area contributed by atoms with Crippen molar-refractivity contribution in [2.75, 3.05) is 4.90 Å². The lowest BCUT2D eigenvalue weighted by Gasteiger charge is -2.41. The summed E-state index contributed by atoms with van der Waals surface area (Å²) in [5.41, 5.74) is 14.8. The summed E-state index contributed by atoms with van der Waals surface area (Å²) < 4.78 is 6.62. The highest BCUT2D eigenvalue weighted by atomic mass is 32.2. The van der Waals surface area contributed by atoms with Gasteiger partial charge in [-0.15, -0.1) is 0 Å². The van der Waals surface area contributed by atoms with E-state index in [1.165, 1.54) is 43.2 Å². The van der Waals surface area contributed by atoms with Crippen molar-refractivity contribution < 1.29 is 4.42 Å². The molecule has 0 fully saturated rings. The Kier molecular flexibility index (Phi) is 6.43. The molecule has 1 aliphatic carbocycles. The van der Waals surface area contributed by atoms with Crippen LogP contribution < -0.4 is 4.90 Å². The monoisotopic (exact) mass is 681 g/mol. The highest BCUT2D eigenvalue weighted by Gasteiger charge is 2.50. The second-order valence-corrected chi connectivity index (χ2v) is 14.7. The number of benzene rings is 8. The molecule has 0 unspecified atom stereocenters. The highest BCUT2D eigenvalue weighted by molar-refractivity contribution is 7.99. The average Bonchev–Trinajstić information content (AvgIpc) is 3.73. The second kappa shape index (κ2) is 11.4. The van der Waals surface area contributed by atoms with Gasteiger partial charge in [-0.3, -0.25) is 0 Å². The van der Waals surface area contributed by atoms with Gasteiger partial charge in [0.15, 0.2) is 0 Å². The number of nitrogens with zero attached hydrogens (tertiary/aromatic N) is 1. The molecule has 0 saturated carbocycles. The van der Waals surface area contributed by atoms with Gasteiger partial charge in [0.25, 0.3) is 0 Å². The molecule has 1 aromatic heterocycles. The van der Waals surface area contributed by atoms with E-state index in [9.17, 15) is 0 Å². The molecule has 3 heteroatoms. The molecular formula is C49H31NOS. The minimum absolute atomic E-state index is 0.456. The summed E-state index contributed by atoms with van der Waals surface area (Å²) in [5.74, 6) is 0. The van der Waals surface area contributed by atoms with E-state index in [-0.39, 0.29) is 0 Å². The van der Waals surface area contributed by atoms with Gasteiger partial charge in [0.2, 0.25) is 0 Å². The van der Waals surface area contributed by atoms with Crippen molar-refractivity contribution in [1.29, 1.82) is 0 Å². The molecule has 0 saturated heterocycles. The molecule has 244 valence electrons. The average molecular weight is 682 g/mol. The molecule has 2 heterocycles. The predicted molar refractivity (Wildman–Crippen MR) is 215 cm³/mol. The SMILES string of the molecule is c1ccc(-c2cc(N(c3ccccc3)c3cccc4c3Sc3ccccc3C43c4ccccc4-c4ccccc43)cc3c2oc2ccccc23)cc1. The Morgan fingerprint density at radius 2 is 1.06 bits per heavy atom. The first-order valence-electron chi connectivity index (χ1n) is 17.8. The molecule has 52 heavy (non-hydrogen) atoms. The molecule has 0 radical (unpaired) electrons. The zero-order chi connectivity index (χ0) is 34.2. The molecular weight excluding hydrogens is 651 g/mol. The molecule has 9 aromatic rings. The number of hydrogen-bond acceptors (Lipinski definition) is 3. The van der Waals surface area contributed by atoms with Crippen LogP contribution in [-0.4, -0.2) is 0 Å². The molecule has 2 nitrogen and oxygen atoms in total. The van der Waals surface area contributed by atoms with Crippen LogP contribution in [0, 0.1) is 0 Å². The third-order valence-electron chi connectivity index (χ3n) is 10.9. The Balaban J connectivity index is 1.24. The summed E-state index contributed by atoms with van der Waals surface area (Å²) in [6.07, 6.45) is 0. The quantitative estimate of drug-likeness (QED) is 0.184. The summed E-state index contributed by atoms with van der Waals surface area (Å²) >= 11 is 1.89. The van der Waals surface area contributed by atoms with Gasteiger partial charge in [-0.05, 0) is 81.4 Å². The van der Waals surface area contributed by atoms with E-state index in [4.69, 9.17) is 4.42 Å². The number of anilines is 3. The molecule has 1 aliphatic heterocycles. The van der Waals surface area contributed by atoms with Gasteiger partial charge >= 0.3 is 0 Å². The predicted octanol–water partition coefficient (Wildman–Crippen LogP) is 13.6. The van der Waals surface area contributed by atoms with Crippen LogP contribution in [0.5, 0.6) is 0 Å². The maximum atomic E-state index is 6.62. The van der Waals surface area contributed by atoms with E-state index in [0.29, 0.717) is 0 Å². The molecule has 1 spiro atoms. The Labute approximate surface area is 306 Å². The minimum Gasteiger partial charge on any atom is -0.455 e. The summed E-state index contributed by atoms with van der Waals surface area (Å²) in [5, 5.41) is 2.21. The van der Waals surface area contributed by atoms with Gasteiger partial charge in [-0.1, -0.05) is 157 Å². The second-order valence-electron chi connectivity index (χ2n) is 13.6. The molecule has 2 aliphatic rings. The van der Waals surface area contributed by atoms with Gasteiger partial charge in [0, 0.05) is 37.5 Å². The van der Waals surface area contributed by atoms with Crippen molar-refractivity contribution in [3.05, 3.63) is 210 Å². The van der Waals surface area contributed by atoms with Gasteiger partial charge in [-0.25, -0.2) is 0 Å². The minimum atomic E-state index is -0.456. The first kappa shape index (κ1) is 29.4. The first-order chi connectivity index (χ1) is 25.8. The number of furan rings is 1. The maximum absolute atomic E-state index is 6.62. The van der Waals surface area contributed by atoms with Gasteiger partial charge < -0.3 is 9.32 Å². The fraction of sp³-hybridized carbons (Fsp3) is 0.0204. The molecule has 0 amide bonds. The van der Waals surface area contributed by atoms with Crippen LogP contribution in [0.25, 0.3) is 44.2 Å². The van der Waals surface area contributed by atoms with Crippen molar-refractivity contribution in [3.8, 4) is 22.3 Å². The highest BCUT2D eigenvalue weighted by Crippen LogP contribution is 2.64. The summed E-state index contributed by atoms with van der Waals surface area (Å²) in [6, 6.07) is 68.4. The summed E-state index contributed by atoms with van der Waals surface area (Å²) in [6.45, 7) is 0. The Morgan fingerprint density at radius 3 is 1.83 bits per heavy atom. The maximum Gasteiger partial charge on any atom is 0.143 e. The summed E-state index contributed by atoms with van der Waals surface area (Å²) in [7, 11) is 0. The largest absolute Gasteiger partial charge is 0.455 e. The molecule has 11 rings (SSSR count). The van der Waals surface area contributed by atoms with Gasteiger partial charge in [-0.2, -0.15) is 0 Å². The normalized spacial score (nSPS) is 13.5. The Bertz CT molecular complexity index is 2790. The van der Waals surface area contributed by atoms with Crippen LogP contribution in [0.2, 0.25) is 0 Å². The van der Waals surface area contributed by atoms with E-state index in [0.717, 1.165) is 50.1 Å². The van der Waals surface area contributed by atoms with Crippen LogP contribution in [0.1, 0.15) is 22.3 Å². The smallest absolute Gasteiger partial charge is 0.143 e. The number of hydrogen-bond donors (Lipinski definition) is 0. The Morgan fingerprint density at radius 1 is 0.442 bits per heavy atom. The van der Waals surface area contributed by atoms with E-state index in [1.807, 2.05) is 17.8 Å². The van der Waals surface area contributed by atoms with Crippen LogP contribution >= 0.6 is 11.8 Å². The lowest BCUT2D eigenvalue weighted by Crippen LogP contribution is -2.32. The summed E-state index contributed by atoms with van der Waals surface area (Å²) in [4.78, 5) is 4.99. The zero-order valence-corrected chi connectivity index (χ0v) is 29.0. The number of rotatable bonds is 4. The van der Waals surface area contributed by atoms with Gasteiger partial charge in [0.1, 0.15) is 11.2 Å². The van der Waals surface area contributed by atoms with Crippen molar-refractivity contribution in [2.45, 2.75) is 15.2 Å². The third-order valence-corrected chi connectivity index (χ3v) is 12.1. The lowest BCUT2D eigenvalue weighted by atomic mass is 9.67. The van der Waals surface area contributed by atoms with Crippen molar-refractivity contribution in [1.82, 2.24) is 0 Å². The van der Waals surface area contributed by atoms with Gasteiger partial charge in [0.05, 0.1) is 11.1 Å². The lowest BCUT2D eigenvalue weighted by molar-refractivity contribution is 0.670.